The molecule has 148 valence electrons. The second-order valence-electron chi connectivity index (χ2n) is 5.43. The van der Waals surface area contributed by atoms with E-state index in [9.17, 15) is 26.4 Å². The lowest BCUT2D eigenvalue weighted by atomic mass is 10.4. The molecule has 0 fully saturated rings. The van der Waals surface area contributed by atoms with Gasteiger partial charge in [0.2, 0.25) is 0 Å². The first-order valence-electron chi connectivity index (χ1n) is 7.47. The van der Waals surface area contributed by atoms with Gasteiger partial charge < -0.3 is 4.98 Å². The smallest absolute Gasteiger partial charge is 0.309 e. The van der Waals surface area contributed by atoms with Crippen molar-refractivity contribution in [2.24, 2.45) is 0 Å². The Morgan fingerprint density at radius 2 is 1.50 bits per heavy atom. The summed E-state index contributed by atoms with van der Waals surface area (Å²) in [4.78, 5) is 30.6. The van der Waals surface area contributed by atoms with Gasteiger partial charge in [0, 0.05) is 17.3 Å². The number of sulfonamides is 2. The molecule has 0 radical (unpaired) electrons. The van der Waals surface area contributed by atoms with Crippen LogP contribution in [0.1, 0.15) is 5.69 Å². The molecule has 11 nitrogen and oxygen atoms in total. The van der Waals surface area contributed by atoms with Gasteiger partial charge in [0.1, 0.15) is 5.69 Å². The van der Waals surface area contributed by atoms with E-state index in [2.05, 4.69) is 19.4 Å². The molecule has 0 aliphatic carbocycles. The number of thiazole rings is 1. The number of H-pyrrole nitrogens is 2. The maximum Gasteiger partial charge on any atom is 0.326 e. The van der Waals surface area contributed by atoms with Crippen molar-refractivity contribution in [3.8, 4) is 0 Å². The SMILES string of the molecule is Cc1[nH]c(=O)[nH]c(=O)c1NS(=O)(=O)c1ccc(S(=O)(=O)Nc2nccs2)cc1. The zero-order valence-corrected chi connectivity index (χ0v) is 16.5. The molecule has 3 aromatic rings. The summed E-state index contributed by atoms with van der Waals surface area (Å²) in [5.74, 6) is 0. The number of hydrogen-bond acceptors (Lipinski definition) is 8. The first kappa shape index (κ1) is 19.8. The van der Waals surface area contributed by atoms with E-state index in [1.807, 2.05) is 4.98 Å². The Hall–Kier alpha value is -2.97. The highest BCUT2D eigenvalue weighted by molar-refractivity contribution is 7.93. The Kier molecular flexibility index (Phi) is 5.10. The maximum absolute atomic E-state index is 12.5. The lowest BCUT2D eigenvalue weighted by Gasteiger charge is -2.10. The fraction of sp³-hybridized carbons (Fsp3) is 0.0714. The van der Waals surface area contributed by atoms with Crippen molar-refractivity contribution in [2.45, 2.75) is 16.7 Å². The Balaban J connectivity index is 1.88. The van der Waals surface area contributed by atoms with Crippen LogP contribution in [0.15, 0.2) is 55.2 Å². The number of rotatable bonds is 6. The largest absolute Gasteiger partial charge is 0.326 e. The zero-order valence-electron chi connectivity index (χ0n) is 14.1. The zero-order chi connectivity index (χ0) is 20.5. The van der Waals surface area contributed by atoms with Crippen LogP contribution < -0.4 is 20.7 Å². The molecule has 0 atom stereocenters. The van der Waals surface area contributed by atoms with Crippen molar-refractivity contribution in [3.63, 3.8) is 0 Å². The van der Waals surface area contributed by atoms with E-state index >= 15 is 0 Å². The average molecular weight is 443 g/mol. The monoisotopic (exact) mass is 443 g/mol. The van der Waals surface area contributed by atoms with Gasteiger partial charge in [-0.15, -0.1) is 11.3 Å². The minimum Gasteiger partial charge on any atom is -0.309 e. The molecule has 0 aliphatic heterocycles. The minimum atomic E-state index is -4.20. The van der Waals surface area contributed by atoms with Crippen LogP contribution in [0.2, 0.25) is 0 Å². The summed E-state index contributed by atoms with van der Waals surface area (Å²) in [5.41, 5.74) is -1.99. The quantitative estimate of drug-likeness (QED) is 0.428. The molecule has 28 heavy (non-hydrogen) atoms. The van der Waals surface area contributed by atoms with Crippen LogP contribution in [0, 0.1) is 6.92 Å². The van der Waals surface area contributed by atoms with Crippen molar-refractivity contribution in [2.75, 3.05) is 9.44 Å². The van der Waals surface area contributed by atoms with Crippen molar-refractivity contribution in [3.05, 3.63) is 62.4 Å². The lowest BCUT2D eigenvalue weighted by molar-refractivity contribution is 0.597. The molecule has 2 heterocycles. The third-order valence-electron chi connectivity index (χ3n) is 3.46. The van der Waals surface area contributed by atoms with Crippen molar-refractivity contribution in [1.29, 1.82) is 0 Å². The number of nitrogens with zero attached hydrogens (tertiary/aromatic N) is 1. The van der Waals surface area contributed by atoms with Crippen molar-refractivity contribution < 1.29 is 16.8 Å². The van der Waals surface area contributed by atoms with E-state index in [1.165, 1.54) is 13.1 Å². The lowest BCUT2D eigenvalue weighted by Crippen LogP contribution is -2.28. The molecule has 0 saturated heterocycles. The molecule has 2 aromatic heterocycles. The Morgan fingerprint density at radius 3 is 2.00 bits per heavy atom. The summed E-state index contributed by atoms with van der Waals surface area (Å²) >= 11 is 1.09. The first-order chi connectivity index (χ1) is 13.1. The van der Waals surface area contributed by atoms with E-state index in [-0.39, 0.29) is 26.3 Å². The molecule has 0 bridgehead atoms. The highest BCUT2D eigenvalue weighted by Gasteiger charge is 2.20. The standard InChI is InChI=1S/C14H13N5O6S3/c1-8-11(12(20)17-13(21)16-8)18-27(22,23)9-2-4-10(5-3-9)28(24,25)19-14-15-6-7-26-14/h2-7,18H,1H3,(H,15,19)(H2,16,17,20,21). The second kappa shape index (κ2) is 7.21. The van der Waals surface area contributed by atoms with Gasteiger partial charge in [0.05, 0.1) is 9.79 Å². The van der Waals surface area contributed by atoms with Crippen LogP contribution in [0.25, 0.3) is 0 Å². The third kappa shape index (κ3) is 4.13. The Bertz CT molecular complexity index is 1320. The van der Waals surface area contributed by atoms with Gasteiger partial charge in [-0.1, -0.05) is 0 Å². The van der Waals surface area contributed by atoms with Crippen LogP contribution >= 0.6 is 11.3 Å². The molecule has 0 aliphatic rings. The number of benzene rings is 1. The average Bonchev–Trinajstić information content (AvgIpc) is 3.10. The summed E-state index contributed by atoms with van der Waals surface area (Å²) in [5, 5.41) is 1.77. The number of hydrogen-bond donors (Lipinski definition) is 4. The highest BCUT2D eigenvalue weighted by Crippen LogP contribution is 2.20. The van der Waals surface area contributed by atoms with E-state index in [0.717, 1.165) is 35.6 Å². The van der Waals surface area contributed by atoms with Gasteiger partial charge in [-0.3, -0.25) is 19.2 Å². The number of aryl methyl sites for hydroxylation is 1. The molecule has 0 spiro atoms. The first-order valence-corrected chi connectivity index (χ1v) is 11.3. The van der Waals surface area contributed by atoms with Gasteiger partial charge in [-0.25, -0.2) is 26.6 Å². The predicted octanol–water partition coefficient (Wildman–Crippen LogP) is 0.430. The summed E-state index contributed by atoms with van der Waals surface area (Å²) in [6.45, 7) is 1.36. The fourth-order valence-electron chi connectivity index (χ4n) is 2.16. The van der Waals surface area contributed by atoms with Crippen molar-refractivity contribution in [1.82, 2.24) is 15.0 Å². The van der Waals surface area contributed by atoms with Crippen molar-refractivity contribution >= 4 is 42.2 Å². The van der Waals surface area contributed by atoms with E-state index < -0.39 is 31.3 Å². The molecule has 1 aromatic carbocycles. The second-order valence-corrected chi connectivity index (χ2v) is 9.69. The Morgan fingerprint density at radius 1 is 0.929 bits per heavy atom. The molecule has 0 amide bonds. The van der Waals surface area contributed by atoms with E-state index in [1.54, 1.807) is 5.38 Å². The van der Waals surface area contributed by atoms with Gasteiger partial charge in [-0.2, -0.15) is 0 Å². The summed E-state index contributed by atoms with van der Waals surface area (Å²) in [6, 6.07) is 4.37. The van der Waals surface area contributed by atoms with Crippen LogP contribution in [-0.2, 0) is 20.0 Å². The fourth-order valence-corrected chi connectivity index (χ4v) is 5.08. The van der Waals surface area contributed by atoms with Crippen LogP contribution in [0.4, 0.5) is 10.8 Å². The molecule has 4 N–H and O–H groups in total. The number of anilines is 2. The molecule has 14 heteroatoms. The van der Waals surface area contributed by atoms with E-state index in [0.29, 0.717) is 0 Å². The van der Waals surface area contributed by atoms with Gasteiger partial charge >= 0.3 is 5.69 Å². The summed E-state index contributed by atoms with van der Waals surface area (Å²) in [6.07, 6.45) is 1.43. The van der Waals surface area contributed by atoms with Crippen LogP contribution in [-0.4, -0.2) is 31.8 Å². The van der Waals surface area contributed by atoms with Crippen LogP contribution in [0.5, 0.6) is 0 Å². The van der Waals surface area contributed by atoms with Gasteiger partial charge in [-0.05, 0) is 31.2 Å². The molecular weight excluding hydrogens is 430 g/mol. The van der Waals surface area contributed by atoms with E-state index in [4.69, 9.17) is 0 Å². The van der Waals surface area contributed by atoms with Crippen LogP contribution in [0.3, 0.4) is 0 Å². The molecule has 0 unspecified atom stereocenters. The summed E-state index contributed by atoms with van der Waals surface area (Å²) in [7, 11) is -8.14. The minimum absolute atomic E-state index is 0.0316. The molecule has 3 rings (SSSR count). The predicted molar refractivity (Wildman–Crippen MR) is 103 cm³/mol. The third-order valence-corrected chi connectivity index (χ3v) is 7.00. The van der Waals surface area contributed by atoms with Gasteiger partial charge in [0.15, 0.2) is 5.13 Å². The number of nitrogens with one attached hydrogen (secondary N) is 4. The Labute approximate surface area is 162 Å². The summed E-state index contributed by atoms with van der Waals surface area (Å²) < 4.78 is 53.9. The topological polar surface area (TPSA) is 171 Å². The maximum atomic E-state index is 12.5. The normalized spacial score (nSPS) is 11.9. The number of aromatic nitrogens is 3. The molecular formula is C14H13N5O6S3. The number of aromatic amines is 2. The molecule has 0 saturated carbocycles. The highest BCUT2D eigenvalue weighted by atomic mass is 32.2. The van der Waals surface area contributed by atoms with Gasteiger partial charge in [0.25, 0.3) is 25.6 Å².